The minimum atomic E-state index is -3.13. The van der Waals surface area contributed by atoms with Gasteiger partial charge in [0.25, 0.3) is 0 Å². The molecule has 1 aromatic carbocycles. The van der Waals surface area contributed by atoms with Gasteiger partial charge in [-0.15, -0.1) is 0 Å². The molecule has 0 atom stereocenters. The molecule has 0 aliphatic heterocycles. The molecule has 0 fully saturated rings. The number of hydrogen-bond acceptors (Lipinski definition) is 4. The minimum Gasteiger partial charge on any atom is -0.379 e. The van der Waals surface area contributed by atoms with Gasteiger partial charge in [-0.3, -0.25) is 0 Å². The van der Waals surface area contributed by atoms with Gasteiger partial charge in [0.1, 0.15) is 0 Å². The van der Waals surface area contributed by atoms with E-state index in [4.69, 9.17) is 0 Å². The molecule has 1 aromatic heterocycles. The van der Waals surface area contributed by atoms with Crippen LogP contribution in [-0.4, -0.2) is 24.2 Å². The number of hydrogen-bond donors (Lipinski definition) is 1. The van der Waals surface area contributed by atoms with E-state index in [0.717, 1.165) is 24.3 Å². The van der Waals surface area contributed by atoms with Crippen LogP contribution >= 0.6 is 0 Å². The SMILES string of the molecule is CCCn1cncc1CNc1ccc(S(C)(=O)=O)cc1. The van der Waals surface area contributed by atoms with Crippen molar-refractivity contribution in [3.8, 4) is 0 Å². The zero-order valence-electron chi connectivity index (χ0n) is 11.7. The summed E-state index contributed by atoms with van der Waals surface area (Å²) in [5.74, 6) is 0. The fourth-order valence-corrected chi connectivity index (χ4v) is 2.58. The molecule has 0 bridgehead atoms. The predicted octanol–water partition coefficient (Wildman–Crippen LogP) is 2.31. The Hall–Kier alpha value is -1.82. The van der Waals surface area contributed by atoms with E-state index >= 15 is 0 Å². The third kappa shape index (κ3) is 3.60. The van der Waals surface area contributed by atoms with Crippen LogP contribution in [0.15, 0.2) is 41.7 Å². The molecule has 0 radical (unpaired) electrons. The van der Waals surface area contributed by atoms with E-state index in [-0.39, 0.29) is 0 Å². The summed E-state index contributed by atoms with van der Waals surface area (Å²) in [5.41, 5.74) is 2.00. The van der Waals surface area contributed by atoms with Crippen LogP contribution in [0.25, 0.3) is 0 Å². The van der Waals surface area contributed by atoms with Crippen molar-refractivity contribution in [3.05, 3.63) is 42.5 Å². The Labute approximate surface area is 119 Å². The number of sulfone groups is 1. The number of benzene rings is 1. The van der Waals surface area contributed by atoms with Gasteiger partial charge in [-0.2, -0.15) is 0 Å². The molecule has 1 heterocycles. The molecule has 0 aliphatic rings. The normalized spacial score (nSPS) is 11.5. The number of anilines is 1. The third-order valence-corrected chi connectivity index (χ3v) is 4.15. The van der Waals surface area contributed by atoms with Gasteiger partial charge >= 0.3 is 0 Å². The van der Waals surface area contributed by atoms with Gasteiger partial charge in [-0.25, -0.2) is 13.4 Å². The maximum atomic E-state index is 11.4. The van der Waals surface area contributed by atoms with Crippen molar-refractivity contribution in [2.75, 3.05) is 11.6 Å². The quantitative estimate of drug-likeness (QED) is 0.887. The summed E-state index contributed by atoms with van der Waals surface area (Å²) >= 11 is 0. The molecule has 0 amide bonds. The van der Waals surface area contributed by atoms with Crippen LogP contribution in [0.2, 0.25) is 0 Å². The Morgan fingerprint density at radius 3 is 2.55 bits per heavy atom. The van der Waals surface area contributed by atoms with Crippen LogP contribution in [-0.2, 0) is 22.9 Å². The van der Waals surface area contributed by atoms with Gasteiger partial charge in [0.2, 0.25) is 0 Å². The summed E-state index contributed by atoms with van der Waals surface area (Å²) in [6.45, 7) is 3.74. The molecule has 0 aliphatic carbocycles. The largest absolute Gasteiger partial charge is 0.379 e. The van der Waals surface area contributed by atoms with Crippen molar-refractivity contribution in [3.63, 3.8) is 0 Å². The number of aromatic nitrogens is 2. The topological polar surface area (TPSA) is 64.0 Å². The van der Waals surface area contributed by atoms with Crippen molar-refractivity contribution in [2.24, 2.45) is 0 Å². The summed E-state index contributed by atoms with van der Waals surface area (Å²) in [5, 5.41) is 3.27. The van der Waals surface area contributed by atoms with Gasteiger partial charge in [0.05, 0.1) is 23.5 Å². The highest BCUT2D eigenvalue weighted by Crippen LogP contribution is 2.14. The highest BCUT2D eigenvalue weighted by molar-refractivity contribution is 7.90. The lowest BCUT2D eigenvalue weighted by Gasteiger charge is -2.09. The number of rotatable bonds is 6. The van der Waals surface area contributed by atoms with Crippen LogP contribution in [0.3, 0.4) is 0 Å². The lowest BCUT2D eigenvalue weighted by molar-refractivity contribution is 0.602. The Morgan fingerprint density at radius 1 is 1.25 bits per heavy atom. The second kappa shape index (κ2) is 6.09. The van der Waals surface area contributed by atoms with Crippen LogP contribution in [0.4, 0.5) is 5.69 Å². The molecular formula is C14H19N3O2S. The standard InChI is InChI=1S/C14H19N3O2S/c1-3-8-17-11-15-9-13(17)10-16-12-4-6-14(7-5-12)20(2,18)19/h4-7,9,11,16H,3,8,10H2,1-2H3. The molecule has 6 heteroatoms. The Kier molecular flexibility index (Phi) is 4.44. The molecule has 20 heavy (non-hydrogen) atoms. The Balaban J connectivity index is 2.02. The lowest BCUT2D eigenvalue weighted by Crippen LogP contribution is -2.07. The average molecular weight is 293 g/mol. The monoisotopic (exact) mass is 293 g/mol. The maximum Gasteiger partial charge on any atom is 0.175 e. The summed E-state index contributed by atoms with van der Waals surface area (Å²) in [7, 11) is -3.13. The van der Waals surface area contributed by atoms with E-state index in [1.807, 2.05) is 12.5 Å². The second-order valence-corrected chi connectivity index (χ2v) is 6.74. The van der Waals surface area contributed by atoms with Crippen molar-refractivity contribution in [1.29, 1.82) is 0 Å². The molecule has 2 rings (SSSR count). The van der Waals surface area contributed by atoms with Crippen LogP contribution in [0.5, 0.6) is 0 Å². The first-order valence-corrected chi connectivity index (χ1v) is 8.43. The van der Waals surface area contributed by atoms with E-state index < -0.39 is 9.84 Å². The Bertz CT molecular complexity index is 660. The fourth-order valence-electron chi connectivity index (χ4n) is 1.95. The van der Waals surface area contributed by atoms with E-state index in [0.29, 0.717) is 11.4 Å². The van der Waals surface area contributed by atoms with Gasteiger partial charge < -0.3 is 9.88 Å². The minimum absolute atomic E-state index is 0.332. The highest BCUT2D eigenvalue weighted by Gasteiger charge is 2.06. The van der Waals surface area contributed by atoms with Crippen LogP contribution in [0, 0.1) is 0 Å². The van der Waals surface area contributed by atoms with Crippen molar-refractivity contribution >= 4 is 15.5 Å². The first-order valence-electron chi connectivity index (χ1n) is 6.53. The first kappa shape index (κ1) is 14.6. The zero-order valence-corrected chi connectivity index (χ0v) is 12.5. The molecule has 0 saturated heterocycles. The van der Waals surface area contributed by atoms with Crippen LogP contribution in [0.1, 0.15) is 19.0 Å². The van der Waals surface area contributed by atoms with Gasteiger partial charge in [-0.05, 0) is 30.7 Å². The molecule has 5 nitrogen and oxygen atoms in total. The molecule has 0 saturated carbocycles. The maximum absolute atomic E-state index is 11.4. The third-order valence-electron chi connectivity index (χ3n) is 3.02. The molecular weight excluding hydrogens is 274 g/mol. The van der Waals surface area contributed by atoms with Crippen molar-refractivity contribution < 1.29 is 8.42 Å². The van der Waals surface area contributed by atoms with Crippen molar-refractivity contribution in [2.45, 2.75) is 31.3 Å². The molecule has 1 N–H and O–H groups in total. The van der Waals surface area contributed by atoms with E-state index in [1.165, 1.54) is 6.26 Å². The summed E-state index contributed by atoms with van der Waals surface area (Å²) in [4.78, 5) is 4.48. The summed E-state index contributed by atoms with van der Waals surface area (Å²) in [6, 6.07) is 6.77. The lowest BCUT2D eigenvalue weighted by atomic mass is 10.3. The number of aryl methyl sites for hydroxylation is 1. The molecule has 2 aromatic rings. The van der Waals surface area contributed by atoms with Crippen molar-refractivity contribution in [1.82, 2.24) is 9.55 Å². The molecule has 108 valence electrons. The Morgan fingerprint density at radius 2 is 1.95 bits per heavy atom. The van der Waals surface area contributed by atoms with E-state index in [1.54, 1.807) is 24.3 Å². The van der Waals surface area contributed by atoms with Crippen LogP contribution < -0.4 is 5.32 Å². The molecule has 0 unspecified atom stereocenters. The van der Waals surface area contributed by atoms with E-state index in [9.17, 15) is 8.42 Å². The summed E-state index contributed by atoms with van der Waals surface area (Å²) < 4.78 is 24.9. The number of nitrogens with one attached hydrogen (secondary N) is 1. The number of imidazole rings is 1. The average Bonchev–Trinajstić information content (AvgIpc) is 2.84. The van der Waals surface area contributed by atoms with Gasteiger partial charge in [-0.1, -0.05) is 6.92 Å². The van der Waals surface area contributed by atoms with Gasteiger partial charge in [0, 0.05) is 24.7 Å². The number of nitrogens with zero attached hydrogens (tertiary/aromatic N) is 2. The highest BCUT2D eigenvalue weighted by atomic mass is 32.2. The predicted molar refractivity (Wildman–Crippen MR) is 79.4 cm³/mol. The zero-order chi connectivity index (χ0) is 14.6. The van der Waals surface area contributed by atoms with E-state index in [2.05, 4.69) is 21.8 Å². The second-order valence-electron chi connectivity index (χ2n) is 4.73. The smallest absolute Gasteiger partial charge is 0.175 e. The first-order chi connectivity index (χ1) is 9.50. The molecule has 0 spiro atoms. The summed E-state index contributed by atoms with van der Waals surface area (Å²) in [6.07, 6.45) is 5.94. The van der Waals surface area contributed by atoms with Gasteiger partial charge in [0.15, 0.2) is 9.84 Å². The fraction of sp³-hybridized carbons (Fsp3) is 0.357.